The number of carbonyl (C=O) groups excluding carboxylic acids is 1. The summed E-state index contributed by atoms with van der Waals surface area (Å²) in [5, 5.41) is 10.5. The van der Waals surface area contributed by atoms with Crippen LogP contribution in [-0.4, -0.2) is 11.2 Å². The molecule has 0 unspecified atom stereocenters. The maximum atomic E-state index is 10.5. The molecule has 0 N–H and O–H groups in total. The lowest BCUT2D eigenvalue weighted by Crippen LogP contribution is -1.98. The summed E-state index contributed by atoms with van der Waals surface area (Å²) in [6, 6.07) is 4.78. The average Bonchev–Trinajstić information content (AvgIpc) is 2.08. The third-order valence-electron chi connectivity index (χ3n) is 1.87. The summed E-state index contributed by atoms with van der Waals surface area (Å²) >= 11 is 0. The maximum Gasteiger partial charge on any atom is 0.273 e. The number of rotatable bonds is 3. The van der Waals surface area contributed by atoms with Crippen LogP contribution >= 0.6 is 0 Å². The minimum atomic E-state index is -0.466. The van der Waals surface area contributed by atoms with Crippen molar-refractivity contribution in [3.8, 4) is 0 Å². The van der Waals surface area contributed by atoms with E-state index in [1.54, 1.807) is 19.1 Å². The molecule has 0 aliphatic heterocycles. The molecule has 1 aromatic rings. The summed E-state index contributed by atoms with van der Waals surface area (Å²) < 4.78 is 0. The molecule has 13 heavy (non-hydrogen) atoms. The molecule has 0 aliphatic rings. The molecule has 4 heteroatoms. The molecule has 1 rings (SSSR count). The minimum Gasteiger partial charge on any atom is -0.303 e. The van der Waals surface area contributed by atoms with E-state index in [1.165, 1.54) is 6.07 Å². The monoisotopic (exact) mass is 179 g/mol. The summed E-state index contributed by atoms with van der Waals surface area (Å²) in [5.74, 6) is 0. The number of carbonyl (C=O) groups is 1. The Kier molecular flexibility index (Phi) is 2.74. The summed E-state index contributed by atoms with van der Waals surface area (Å²) in [6.45, 7) is 1.76. The standard InChI is InChI=1S/C9H9NO3/c1-7-3-2-4-9(10(12)13)8(7)5-6-11/h2-4,6H,5H2,1H3. The SMILES string of the molecule is Cc1cccc([N+](=O)[O-])c1CC=O. The van der Waals surface area contributed by atoms with Crippen LogP contribution in [0.25, 0.3) is 0 Å². The van der Waals surface area contributed by atoms with Gasteiger partial charge in [-0.1, -0.05) is 12.1 Å². The number of nitrogens with zero attached hydrogens (tertiary/aromatic N) is 1. The van der Waals surface area contributed by atoms with Crippen molar-refractivity contribution in [1.82, 2.24) is 0 Å². The first-order valence-corrected chi connectivity index (χ1v) is 3.83. The molecular weight excluding hydrogens is 170 g/mol. The Morgan fingerprint density at radius 3 is 2.77 bits per heavy atom. The van der Waals surface area contributed by atoms with Crippen LogP contribution in [0.3, 0.4) is 0 Å². The molecule has 0 aromatic heterocycles. The highest BCUT2D eigenvalue weighted by molar-refractivity contribution is 5.61. The molecule has 0 bridgehead atoms. The number of aldehydes is 1. The van der Waals surface area contributed by atoms with E-state index in [0.717, 1.165) is 5.56 Å². The first-order chi connectivity index (χ1) is 6.16. The zero-order valence-electron chi connectivity index (χ0n) is 7.19. The summed E-state index contributed by atoms with van der Waals surface area (Å²) in [7, 11) is 0. The van der Waals surface area contributed by atoms with Gasteiger partial charge >= 0.3 is 0 Å². The van der Waals surface area contributed by atoms with Crippen LogP contribution in [0.4, 0.5) is 5.69 Å². The van der Waals surface area contributed by atoms with Gasteiger partial charge in [0.25, 0.3) is 5.69 Å². The van der Waals surface area contributed by atoms with E-state index in [1.807, 2.05) is 0 Å². The lowest BCUT2D eigenvalue weighted by atomic mass is 10.0. The van der Waals surface area contributed by atoms with Crippen LogP contribution < -0.4 is 0 Å². The molecule has 1 aromatic carbocycles. The van der Waals surface area contributed by atoms with E-state index in [0.29, 0.717) is 11.8 Å². The van der Waals surface area contributed by atoms with E-state index >= 15 is 0 Å². The van der Waals surface area contributed by atoms with Crippen LogP contribution in [0.2, 0.25) is 0 Å². The lowest BCUT2D eigenvalue weighted by molar-refractivity contribution is -0.385. The first-order valence-electron chi connectivity index (χ1n) is 3.83. The van der Waals surface area contributed by atoms with Gasteiger partial charge < -0.3 is 4.79 Å². The molecule has 0 aliphatic carbocycles. The molecule has 0 saturated carbocycles. The molecule has 4 nitrogen and oxygen atoms in total. The van der Waals surface area contributed by atoms with Crippen molar-refractivity contribution in [2.75, 3.05) is 0 Å². The Labute approximate surface area is 75.3 Å². The van der Waals surface area contributed by atoms with Gasteiger partial charge in [-0.3, -0.25) is 10.1 Å². The normalized spacial score (nSPS) is 9.62. The van der Waals surface area contributed by atoms with Crippen LogP contribution in [0, 0.1) is 17.0 Å². The second-order valence-corrected chi connectivity index (χ2v) is 2.70. The Balaban J connectivity index is 3.24. The third-order valence-corrected chi connectivity index (χ3v) is 1.87. The summed E-state index contributed by atoms with van der Waals surface area (Å²) in [6.07, 6.45) is 0.776. The molecule has 0 fully saturated rings. The van der Waals surface area contributed by atoms with Crippen LogP contribution in [0.5, 0.6) is 0 Å². The predicted molar refractivity (Wildman–Crippen MR) is 47.6 cm³/mol. The highest BCUT2D eigenvalue weighted by atomic mass is 16.6. The van der Waals surface area contributed by atoms with Crippen LogP contribution in [0.15, 0.2) is 18.2 Å². The topological polar surface area (TPSA) is 60.2 Å². The number of hydrogen-bond acceptors (Lipinski definition) is 3. The van der Waals surface area contributed by atoms with Crippen molar-refractivity contribution in [1.29, 1.82) is 0 Å². The van der Waals surface area contributed by atoms with Gasteiger partial charge in [0.15, 0.2) is 0 Å². The second kappa shape index (κ2) is 3.80. The lowest BCUT2D eigenvalue weighted by Gasteiger charge is -2.01. The number of aryl methyl sites for hydroxylation is 1. The van der Waals surface area contributed by atoms with Crippen LogP contribution in [-0.2, 0) is 11.2 Å². The van der Waals surface area contributed by atoms with E-state index in [9.17, 15) is 14.9 Å². The molecule has 0 spiro atoms. The van der Waals surface area contributed by atoms with Crippen molar-refractivity contribution >= 4 is 12.0 Å². The highest BCUT2D eigenvalue weighted by Gasteiger charge is 2.13. The zero-order chi connectivity index (χ0) is 9.84. The summed E-state index contributed by atoms with van der Waals surface area (Å²) in [5.41, 5.74) is 1.30. The fourth-order valence-electron chi connectivity index (χ4n) is 1.21. The van der Waals surface area contributed by atoms with Gasteiger partial charge in [-0.2, -0.15) is 0 Å². The van der Waals surface area contributed by atoms with Gasteiger partial charge in [-0.05, 0) is 12.5 Å². The van der Waals surface area contributed by atoms with Crippen LogP contribution in [0.1, 0.15) is 11.1 Å². The van der Waals surface area contributed by atoms with Gasteiger partial charge in [0, 0.05) is 18.1 Å². The molecule has 0 heterocycles. The van der Waals surface area contributed by atoms with Crippen molar-refractivity contribution in [2.24, 2.45) is 0 Å². The molecule has 68 valence electrons. The molecule has 0 atom stereocenters. The quantitative estimate of drug-likeness (QED) is 0.402. The minimum absolute atomic E-state index is 0.0205. The fourth-order valence-corrected chi connectivity index (χ4v) is 1.21. The van der Waals surface area contributed by atoms with E-state index in [4.69, 9.17) is 0 Å². The number of nitro benzene ring substituents is 1. The van der Waals surface area contributed by atoms with E-state index in [2.05, 4.69) is 0 Å². The largest absolute Gasteiger partial charge is 0.303 e. The van der Waals surface area contributed by atoms with E-state index in [-0.39, 0.29) is 12.1 Å². The highest BCUT2D eigenvalue weighted by Crippen LogP contribution is 2.21. The molecule has 0 radical (unpaired) electrons. The van der Waals surface area contributed by atoms with Crippen molar-refractivity contribution in [2.45, 2.75) is 13.3 Å². The summed E-state index contributed by atoms with van der Waals surface area (Å²) in [4.78, 5) is 20.4. The maximum absolute atomic E-state index is 10.5. The molecule has 0 saturated heterocycles. The first kappa shape index (κ1) is 9.38. The van der Waals surface area contributed by atoms with Crippen molar-refractivity contribution in [3.63, 3.8) is 0 Å². The van der Waals surface area contributed by atoms with Gasteiger partial charge in [0.2, 0.25) is 0 Å². The average molecular weight is 179 g/mol. The number of benzene rings is 1. The molecule has 0 amide bonds. The molecular formula is C9H9NO3. The smallest absolute Gasteiger partial charge is 0.273 e. The zero-order valence-corrected chi connectivity index (χ0v) is 7.19. The van der Waals surface area contributed by atoms with Gasteiger partial charge in [0.05, 0.1) is 4.92 Å². The fraction of sp³-hybridized carbons (Fsp3) is 0.222. The number of hydrogen-bond donors (Lipinski definition) is 0. The third kappa shape index (κ3) is 1.90. The van der Waals surface area contributed by atoms with Gasteiger partial charge in [-0.25, -0.2) is 0 Å². The van der Waals surface area contributed by atoms with Gasteiger partial charge in [-0.15, -0.1) is 0 Å². The second-order valence-electron chi connectivity index (χ2n) is 2.70. The van der Waals surface area contributed by atoms with Gasteiger partial charge in [0.1, 0.15) is 6.29 Å². The Morgan fingerprint density at radius 2 is 2.23 bits per heavy atom. The van der Waals surface area contributed by atoms with Crippen molar-refractivity contribution < 1.29 is 9.72 Å². The van der Waals surface area contributed by atoms with Crippen molar-refractivity contribution in [3.05, 3.63) is 39.4 Å². The Bertz CT molecular complexity index is 347. The Morgan fingerprint density at radius 1 is 1.54 bits per heavy atom. The predicted octanol–water partition coefficient (Wildman–Crippen LogP) is 1.64. The van der Waals surface area contributed by atoms with E-state index < -0.39 is 4.92 Å². The Hall–Kier alpha value is -1.71. The number of nitro groups is 1.